The van der Waals surface area contributed by atoms with Crippen LogP contribution < -0.4 is 26.0 Å². The molecule has 4 atom stereocenters. The first-order chi connectivity index (χ1) is 25.3. The Morgan fingerprint density at radius 2 is 1.34 bits per heavy atom. The third-order valence-electron chi connectivity index (χ3n) is 8.68. The molecule has 11 nitrogen and oxygen atoms in total. The van der Waals surface area contributed by atoms with E-state index in [9.17, 15) is 24.0 Å². The van der Waals surface area contributed by atoms with E-state index in [1.165, 1.54) is 6.92 Å². The summed E-state index contributed by atoms with van der Waals surface area (Å²) in [4.78, 5) is 66.8. The lowest BCUT2D eigenvalue weighted by Crippen LogP contribution is -2.55. The topological polar surface area (TPSA) is 152 Å². The second-order valence-corrected chi connectivity index (χ2v) is 14.1. The van der Waals surface area contributed by atoms with Gasteiger partial charge in [0.05, 0.1) is 12.0 Å². The number of carbonyl (C=O) groups is 5. The zero-order valence-corrected chi connectivity index (χ0v) is 30.4. The second-order valence-electron chi connectivity index (χ2n) is 14.1. The molecule has 4 aromatic rings. The van der Waals surface area contributed by atoms with Gasteiger partial charge in [0, 0.05) is 18.5 Å². The van der Waals surface area contributed by atoms with Crippen LogP contribution in [0.1, 0.15) is 62.3 Å². The van der Waals surface area contributed by atoms with Gasteiger partial charge in [0.25, 0.3) is 0 Å². The third-order valence-corrected chi connectivity index (χ3v) is 8.68. The van der Waals surface area contributed by atoms with Crippen molar-refractivity contribution in [2.24, 2.45) is 0 Å². The number of para-hydroxylation sites is 1. The first-order valence-electron chi connectivity index (χ1n) is 17.7. The van der Waals surface area contributed by atoms with Crippen LogP contribution in [-0.2, 0) is 43.4 Å². The Kier molecular flexibility index (Phi) is 12.6. The Hall–Kier alpha value is -5.97. The lowest BCUT2D eigenvalue weighted by Gasteiger charge is -2.26. The number of amides is 4. The van der Waals surface area contributed by atoms with Crippen LogP contribution in [0.2, 0.25) is 0 Å². The maximum atomic E-state index is 13.7. The van der Waals surface area contributed by atoms with E-state index in [0.29, 0.717) is 18.0 Å². The molecule has 11 heteroatoms. The number of anilines is 1. The molecule has 0 bridgehead atoms. The van der Waals surface area contributed by atoms with Gasteiger partial charge in [0.2, 0.25) is 17.7 Å². The Morgan fingerprint density at radius 1 is 0.717 bits per heavy atom. The fraction of sp³-hybridized carbons (Fsp3) is 0.310. The number of fused-ring (bicyclic) bond motifs is 1. The lowest BCUT2D eigenvalue weighted by atomic mass is 9.90. The minimum Gasteiger partial charge on any atom is -0.489 e. The molecule has 4 N–H and O–H groups in total. The van der Waals surface area contributed by atoms with E-state index < -0.39 is 47.6 Å². The van der Waals surface area contributed by atoms with Gasteiger partial charge in [0.1, 0.15) is 30.0 Å². The van der Waals surface area contributed by atoms with Crippen LogP contribution in [0.25, 0.3) is 0 Å². The minimum absolute atomic E-state index is 0.0365. The van der Waals surface area contributed by atoms with Crippen LogP contribution in [0.15, 0.2) is 109 Å². The summed E-state index contributed by atoms with van der Waals surface area (Å²) in [5, 5.41) is 11.0. The summed E-state index contributed by atoms with van der Waals surface area (Å²) in [6.45, 7) is 7.03. The molecule has 0 saturated carbocycles. The summed E-state index contributed by atoms with van der Waals surface area (Å²) in [7, 11) is 0. The maximum absolute atomic E-state index is 13.7. The number of carbonyl (C=O) groups excluding carboxylic acids is 5. The molecule has 4 aromatic carbocycles. The maximum Gasteiger partial charge on any atom is 0.408 e. The molecule has 1 aliphatic heterocycles. The third kappa shape index (κ3) is 11.3. The average Bonchev–Trinajstić information content (AvgIpc) is 3.44. The van der Waals surface area contributed by atoms with E-state index in [1.54, 1.807) is 51.1 Å². The van der Waals surface area contributed by atoms with E-state index >= 15 is 0 Å². The fourth-order valence-electron chi connectivity index (χ4n) is 5.97. The summed E-state index contributed by atoms with van der Waals surface area (Å²) in [5.74, 6) is -1.80. The number of hydrogen-bond acceptors (Lipinski definition) is 7. The Balaban J connectivity index is 1.27. The van der Waals surface area contributed by atoms with Crippen LogP contribution in [0.3, 0.4) is 0 Å². The number of benzene rings is 4. The van der Waals surface area contributed by atoms with E-state index in [4.69, 9.17) is 9.47 Å². The van der Waals surface area contributed by atoms with E-state index in [0.717, 1.165) is 22.3 Å². The number of alkyl carbamates (subject to hydrolysis) is 1. The van der Waals surface area contributed by atoms with Crippen molar-refractivity contribution in [3.8, 4) is 5.75 Å². The van der Waals surface area contributed by atoms with Crippen molar-refractivity contribution in [1.82, 2.24) is 16.0 Å². The molecule has 1 unspecified atom stereocenters. The molecular formula is C42H46N4O7. The average molecular weight is 719 g/mol. The zero-order valence-electron chi connectivity index (χ0n) is 30.4. The van der Waals surface area contributed by atoms with Crippen molar-refractivity contribution in [2.75, 3.05) is 5.32 Å². The van der Waals surface area contributed by atoms with Gasteiger partial charge in [-0.25, -0.2) is 4.79 Å². The van der Waals surface area contributed by atoms with Crippen molar-refractivity contribution in [1.29, 1.82) is 0 Å². The van der Waals surface area contributed by atoms with Crippen LogP contribution in [0.4, 0.5) is 10.5 Å². The molecule has 0 radical (unpaired) electrons. The summed E-state index contributed by atoms with van der Waals surface area (Å²) in [6, 6.07) is 30.1. The Labute approximate surface area is 309 Å². The van der Waals surface area contributed by atoms with Crippen LogP contribution in [-0.4, -0.2) is 53.3 Å². The largest absolute Gasteiger partial charge is 0.489 e. The first kappa shape index (κ1) is 38.3. The molecule has 0 aromatic heterocycles. The van der Waals surface area contributed by atoms with E-state index in [1.807, 2.05) is 78.9 Å². The molecule has 0 aliphatic carbocycles. The highest BCUT2D eigenvalue weighted by atomic mass is 16.6. The highest BCUT2D eigenvalue weighted by Gasteiger charge is 2.36. The quantitative estimate of drug-likeness (QED) is 0.124. The standard InChI is InChI=1S/C42H46N4O7/c1-27(38(48)45-35(37(47)24-28-13-7-5-8-14-28)25-33-32-17-11-12-18-34(32)44-39(33)49)43-40(50)36(46-41(51)53-42(2,3)4)23-29-19-21-31(22-20-29)52-26-30-15-9-6-10-16-30/h5-22,27,33,35-36H,23-26H2,1-4H3,(H,43,50)(H,44,49)(H,45,48)(H,46,51)/t27-,33?,35-,36-/m0/s1. The normalized spacial score (nSPS) is 15.2. The van der Waals surface area contributed by atoms with E-state index in [2.05, 4.69) is 21.3 Å². The summed E-state index contributed by atoms with van der Waals surface area (Å²) in [6.07, 6.45) is -0.624. The molecule has 4 amide bonds. The number of nitrogens with one attached hydrogen (secondary N) is 4. The summed E-state index contributed by atoms with van der Waals surface area (Å²) < 4.78 is 11.3. The van der Waals surface area contributed by atoms with Gasteiger partial charge in [-0.2, -0.15) is 0 Å². The molecule has 1 heterocycles. The van der Waals surface area contributed by atoms with Gasteiger partial charge in [-0.05, 0) is 74.6 Å². The Morgan fingerprint density at radius 3 is 2.00 bits per heavy atom. The van der Waals surface area contributed by atoms with Crippen LogP contribution in [0, 0.1) is 0 Å². The van der Waals surface area contributed by atoms with Crippen molar-refractivity contribution in [2.45, 2.75) is 83.2 Å². The number of Topliss-reactive ketones (excluding diaryl/α,β-unsaturated/α-hetero) is 1. The van der Waals surface area contributed by atoms with Crippen molar-refractivity contribution >= 4 is 35.3 Å². The fourth-order valence-corrected chi connectivity index (χ4v) is 5.97. The number of ether oxygens (including phenoxy) is 2. The van der Waals surface area contributed by atoms with Gasteiger partial charge >= 0.3 is 6.09 Å². The predicted molar refractivity (Wildman–Crippen MR) is 201 cm³/mol. The Bertz CT molecular complexity index is 1890. The van der Waals surface area contributed by atoms with Crippen LogP contribution >= 0.6 is 0 Å². The minimum atomic E-state index is -1.11. The molecule has 0 saturated heterocycles. The molecule has 53 heavy (non-hydrogen) atoms. The van der Waals surface area contributed by atoms with E-state index in [-0.39, 0.29) is 31.0 Å². The lowest BCUT2D eigenvalue weighted by molar-refractivity contribution is -0.132. The monoisotopic (exact) mass is 718 g/mol. The highest BCUT2D eigenvalue weighted by molar-refractivity contribution is 6.03. The molecular weight excluding hydrogens is 672 g/mol. The van der Waals surface area contributed by atoms with Gasteiger partial charge in [0.15, 0.2) is 5.78 Å². The van der Waals surface area contributed by atoms with Crippen LogP contribution in [0.5, 0.6) is 5.75 Å². The summed E-state index contributed by atoms with van der Waals surface area (Å²) in [5.41, 5.74) is 3.12. The highest BCUT2D eigenvalue weighted by Crippen LogP contribution is 2.35. The van der Waals surface area contributed by atoms with Crippen molar-refractivity contribution in [3.63, 3.8) is 0 Å². The summed E-state index contributed by atoms with van der Waals surface area (Å²) >= 11 is 0. The SMILES string of the molecule is C[C@H](NC(=O)[C@H](Cc1ccc(OCc2ccccc2)cc1)NC(=O)OC(C)(C)C)C(=O)N[C@@H](CC1C(=O)Nc2ccccc21)C(=O)Cc1ccccc1. The molecule has 5 rings (SSSR count). The van der Waals surface area contributed by atoms with Gasteiger partial charge in [-0.1, -0.05) is 91.0 Å². The van der Waals surface area contributed by atoms with Crippen molar-refractivity contribution < 1.29 is 33.4 Å². The number of rotatable bonds is 15. The number of hydrogen-bond donors (Lipinski definition) is 4. The van der Waals surface area contributed by atoms with Gasteiger partial charge < -0.3 is 30.7 Å². The van der Waals surface area contributed by atoms with Gasteiger partial charge in [-0.15, -0.1) is 0 Å². The molecule has 0 fully saturated rings. The second kappa shape index (κ2) is 17.5. The molecule has 0 spiro atoms. The molecule has 1 aliphatic rings. The number of ketones is 1. The molecule has 276 valence electrons. The van der Waals surface area contributed by atoms with Gasteiger partial charge in [-0.3, -0.25) is 19.2 Å². The zero-order chi connectivity index (χ0) is 38.0. The van der Waals surface area contributed by atoms with Crippen molar-refractivity contribution in [3.05, 3.63) is 131 Å². The smallest absolute Gasteiger partial charge is 0.408 e. The first-order valence-corrected chi connectivity index (χ1v) is 17.7. The predicted octanol–water partition coefficient (Wildman–Crippen LogP) is 5.63.